The molecule has 0 aromatic rings. The predicted octanol–water partition coefficient (Wildman–Crippen LogP) is 1.96. The van der Waals surface area contributed by atoms with Crippen molar-refractivity contribution in [3.63, 3.8) is 0 Å². The average Bonchev–Trinajstić information content (AvgIpc) is 2.13. The van der Waals surface area contributed by atoms with E-state index in [1.54, 1.807) is 13.0 Å². The van der Waals surface area contributed by atoms with Gasteiger partial charge in [-0.3, -0.25) is 0 Å². The lowest BCUT2D eigenvalue weighted by Crippen LogP contribution is -1.95. The number of rotatable bonds is 5. The van der Waals surface area contributed by atoms with E-state index in [2.05, 4.69) is 11.8 Å². The fourth-order valence-electron chi connectivity index (χ4n) is 0.685. The van der Waals surface area contributed by atoms with Crippen LogP contribution >= 0.6 is 0 Å². The minimum absolute atomic E-state index is 0.212. The maximum absolute atomic E-state index is 10.4. The molecule has 0 aromatic carbocycles. The van der Waals surface area contributed by atoms with Crippen LogP contribution in [-0.2, 0) is 9.53 Å². The molecule has 0 amide bonds. The summed E-state index contributed by atoms with van der Waals surface area (Å²) in [6.07, 6.45) is 5.31. The molecule has 0 rings (SSSR count). The Bertz CT molecular complexity index is 289. The van der Waals surface area contributed by atoms with Gasteiger partial charge in [-0.15, -0.1) is 5.92 Å². The zero-order chi connectivity index (χ0) is 10.8. The van der Waals surface area contributed by atoms with Crippen LogP contribution in [0.3, 0.4) is 0 Å². The first kappa shape index (κ1) is 12.3. The lowest BCUT2D eigenvalue weighted by atomic mass is 10.3. The SMILES string of the molecule is CC#CCOC(=CC(=O)O)/C=C\CC. The zero-order valence-electron chi connectivity index (χ0n) is 8.41. The molecule has 0 fully saturated rings. The van der Waals surface area contributed by atoms with E-state index in [9.17, 15) is 4.79 Å². The van der Waals surface area contributed by atoms with Gasteiger partial charge in [-0.25, -0.2) is 4.79 Å². The van der Waals surface area contributed by atoms with Crippen molar-refractivity contribution in [3.8, 4) is 11.8 Å². The summed E-state index contributed by atoms with van der Waals surface area (Å²) < 4.78 is 5.12. The molecular weight excluding hydrogens is 180 g/mol. The molecule has 0 spiro atoms. The summed E-state index contributed by atoms with van der Waals surface area (Å²) in [6.45, 7) is 3.87. The van der Waals surface area contributed by atoms with Crippen molar-refractivity contribution in [2.45, 2.75) is 20.3 Å². The second-order valence-electron chi connectivity index (χ2n) is 2.41. The van der Waals surface area contributed by atoms with Crippen LogP contribution in [0, 0.1) is 11.8 Å². The van der Waals surface area contributed by atoms with Crippen molar-refractivity contribution in [2.24, 2.45) is 0 Å². The van der Waals surface area contributed by atoms with Crippen LogP contribution in [0.15, 0.2) is 24.0 Å². The molecule has 0 aliphatic rings. The molecule has 0 unspecified atom stereocenters. The molecular formula is C11H14O3. The summed E-state index contributed by atoms with van der Waals surface area (Å²) in [5.41, 5.74) is 0. The lowest BCUT2D eigenvalue weighted by Gasteiger charge is -2.00. The largest absolute Gasteiger partial charge is 0.481 e. The quantitative estimate of drug-likeness (QED) is 0.315. The van der Waals surface area contributed by atoms with E-state index >= 15 is 0 Å². The van der Waals surface area contributed by atoms with Gasteiger partial charge in [0.15, 0.2) is 0 Å². The van der Waals surface area contributed by atoms with Crippen LogP contribution in [0.5, 0.6) is 0 Å². The highest BCUT2D eigenvalue weighted by molar-refractivity contribution is 5.80. The highest BCUT2D eigenvalue weighted by Crippen LogP contribution is 2.00. The lowest BCUT2D eigenvalue weighted by molar-refractivity contribution is -0.131. The molecule has 0 aromatic heterocycles. The number of aliphatic carboxylic acids is 1. The molecule has 3 heteroatoms. The molecule has 76 valence electrons. The van der Waals surface area contributed by atoms with Gasteiger partial charge in [0, 0.05) is 0 Å². The standard InChI is InChI=1S/C11H14O3/c1-3-5-7-10(9-11(12)13)14-8-6-4-2/h5,7,9H,3,8H2,1-2H3,(H,12,13)/b7-5-,10-9?. The number of allylic oxidation sites excluding steroid dienone is 2. The van der Waals surface area contributed by atoms with Crippen molar-refractivity contribution in [1.29, 1.82) is 0 Å². The highest BCUT2D eigenvalue weighted by Gasteiger charge is 1.95. The van der Waals surface area contributed by atoms with Crippen LogP contribution in [-0.4, -0.2) is 17.7 Å². The third-order valence-electron chi connectivity index (χ3n) is 1.27. The van der Waals surface area contributed by atoms with E-state index in [1.165, 1.54) is 0 Å². The van der Waals surface area contributed by atoms with Crippen molar-refractivity contribution in [1.82, 2.24) is 0 Å². The first-order valence-electron chi connectivity index (χ1n) is 4.34. The van der Waals surface area contributed by atoms with Gasteiger partial charge in [-0.05, 0) is 19.4 Å². The summed E-state index contributed by atoms with van der Waals surface area (Å²) in [5.74, 6) is 4.65. The normalized spacial score (nSPS) is 10.9. The highest BCUT2D eigenvalue weighted by atomic mass is 16.5. The number of carbonyl (C=O) groups is 1. The van der Waals surface area contributed by atoms with Crippen LogP contribution in [0.1, 0.15) is 20.3 Å². The molecule has 0 heterocycles. The molecule has 0 bridgehead atoms. The maximum atomic E-state index is 10.4. The summed E-state index contributed by atoms with van der Waals surface area (Å²) in [4.78, 5) is 10.4. The van der Waals surface area contributed by atoms with Gasteiger partial charge < -0.3 is 9.84 Å². The van der Waals surface area contributed by atoms with E-state index in [0.717, 1.165) is 12.5 Å². The molecule has 0 aliphatic heterocycles. The Balaban J connectivity index is 4.30. The van der Waals surface area contributed by atoms with Crippen molar-refractivity contribution >= 4 is 5.97 Å². The molecule has 0 radical (unpaired) electrons. The fourth-order valence-corrected chi connectivity index (χ4v) is 0.685. The van der Waals surface area contributed by atoms with Gasteiger partial charge in [-0.1, -0.05) is 18.9 Å². The van der Waals surface area contributed by atoms with Crippen molar-refractivity contribution < 1.29 is 14.6 Å². The monoisotopic (exact) mass is 194 g/mol. The minimum Gasteiger partial charge on any atom is -0.481 e. The first-order chi connectivity index (χ1) is 6.70. The average molecular weight is 194 g/mol. The Kier molecular flexibility index (Phi) is 6.98. The second kappa shape index (κ2) is 7.93. The number of hydrogen-bond donors (Lipinski definition) is 1. The number of carboxylic acids is 1. The maximum Gasteiger partial charge on any atom is 0.332 e. The molecule has 14 heavy (non-hydrogen) atoms. The van der Waals surface area contributed by atoms with Gasteiger partial charge >= 0.3 is 5.97 Å². The number of ether oxygens (including phenoxy) is 1. The summed E-state index contributed by atoms with van der Waals surface area (Å²) in [6, 6.07) is 0. The van der Waals surface area contributed by atoms with Crippen LogP contribution in [0.4, 0.5) is 0 Å². The molecule has 0 aliphatic carbocycles. The van der Waals surface area contributed by atoms with Gasteiger partial charge in [0.2, 0.25) is 0 Å². The molecule has 0 saturated carbocycles. The van der Waals surface area contributed by atoms with E-state index in [1.807, 2.05) is 13.0 Å². The van der Waals surface area contributed by atoms with E-state index in [0.29, 0.717) is 5.76 Å². The van der Waals surface area contributed by atoms with Crippen LogP contribution in [0.2, 0.25) is 0 Å². The topological polar surface area (TPSA) is 46.5 Å². The van der Waals surface area contributed by atoms with Crippen molar-refractivity contribution in [3.05, 3.63) is 24.0 Å². The fraction of sp³-hybridized carbons (Fsp3) is 0.364. The Hall–Kier alpha value is -1.69. The number of carboxylic acid groups (broad SMARTS) is 1. The minimum atomic E-state index is -1.02. The summed E-state index contributed by atoms with van der Waals surface area (Å²) >= 11 is 0. The Morgan fingerprint density at radius 2 is 2.29 bits per heavy atom. The predicted molar refractivity (Wildman–Crippen MR) is 54.6 cm³/mol. The van der Waals surface area contributed by atoms with E-state index < -0.39 is 5.97 Å². The molecule has 1 N–H and O–H groups in total. The Morgan fingerprint density at radius 1 is 1.57 bits per heavy atom. The smallest absolute Gasteiger partial charge is 0.332 e. The third-order valence-corrected chi connectivity index (χ3v) is 1.27. The van der Waals surface area contributed by atoms with Crippen molar-refractivity contribution in [2.75, 3.05) is 6.61 Å². The number of hydrogen-bond acceptors (Lipinski definition) is 2. The molecule has 0 atom stereocenters. The van der Waals surface area contributed by atoms with Gasteiger partial charge in [-0.2, -0.15) is 0 Å². The summed E-state index contributed by atoms with van der Waals surface area (Å²) in [5, 5.41) is 8.51. The van der Waals surface area contributed by atoms with Gasteiger partial charge in [0.1, 0.15) is 12.4 Å². The Morgan fingerprint density at radius 3 is 2.79 bits per heavy atom. The van der Waals surface area contributed by atoms with Gasteiger partial charge in [0.25, 0.3) is 0 Å². The molecule has 0 saturated heterocycles. The van der Waals surface area contributed by atoms with E-state index in [-0.39, 0.29) is 6.61 Å². The van der Waals surface area contributed by atoms with Crippen LogP contribution < -0.4 is 0 Å². The molecule has 3 nitrogen and oxygen atoms in total. The van der Waals surface area contributed by atoms with Crippen LogP contribution in [0.25, 0.3) is 0 Å². The third kappa shape index (κ3) is 6.99. The first-order valence-corrected chi connectivity index (χ1v) is 4.34. The van der Waals surface area contributed by atoms with E-state index in [4.69, 9.17) is 9.84 Å². The Labute approximate surface area is 84.1 Å². The second-order valence-corrected chi connectivity index (χ2v) is 2.41. The zero-order valence-corrected chi connectivity index (χ0v) is 8.41. The van der Waals surface area contributed by atoms with Gasteiger partial charge in [0.05, 0.1) is 6.08 Å². The summed E-state index contributed by atoms with van der Waals surface area (Å²) in [7, 11) is 0.